The van der Waals surface area contributed by atoms with E-state index in [0.29, 0.717) is 13.1 Å². The van der Waals surface area contributed by atoms with E-state index in [0.717, 1.165) is 4.57 Å². The summed E-state index contributed by atoms with van der Waals surface area (Å²) in [5.74, 6) is 0.288. The molecule has 1 aromatic heterocycles. The predicted molar refractivity (Wildman–Crippen MR) is 80.0 cm³/mol. The molecular weight excluding hydrogens is 347 g/mol. The number of hydrogen-bond donors (Lipinski definition) is 6. The van der Waals surface area contributed by atoms with Crippen molar-refractivity contribution in [3.8, 4) is 0 Å². The first-order chi connectivity index (χ1) is 11.2. The molecule has 0 aromatic carbocycles. The van der Waals surface area contributed by atoms with Crippen molar-refractivity contribution in [2.24, 2.45) is 5.73 Å². The van der Waals surface area contributed by atoms with Crippen molar-refractivity contribution in [2.45, 2.75) is 24.5 Å². The molecule has 0 aliphatic carbocycles. The number of ether oxygens (including phenoxy) is 1. The van der Waals surface area contributed by atoms with Gasteiger partial charge in [-0.1, -0.05) is 0 Å². The molecule has 1 fully saturated rings. The van der Waals surface area contributed by atoms with Gasteiger partial charge >= 0.3 is 13.5 Å². The van der Waals surface area contributed by atoms with Crippen LogP contribution in [0.15, 0.2) is 17.1 Å². The van der Waals surface area contributed by atoms with E-state index in [9.17, 15) is 19.6 Å². The first kappa shape index (κ1) is 19.0. The fourth-order valence-electron chi connectivity index (χ4n) is 2.17. The van der Waals surface area contributed by atoms with Crippen LogP contribution in [0.3, 0.4) is 0 Å². The van der Waals surface area contributed by atoms with Gasteiger partial charge in [0.05, 0.1) is 6.61 Å². The zero-order valence-electron chi connectivity index (χ0n) is 12.4. The van der Waals surface area contributed by atoms with Gasteiger partial charge in [0.2, 0.25) is 0 Å². The van der Waals surface area contributed by atoms with Crippen molar-refractivity contribution in [2.75, 3.05) is 25.0 Å². The van der Waals surface area contributed by atoms with Gasteiger partial charge in [-0.15, -0.1) is 0 Å². The van der Waals surface area contributed by atoms with Crippen molar-refractivity contribution >= 4 is 13.6 Å². The second-order valence-corrected chi connectivity index (χ2v) is 6.29. The Kier molecular flexibility index (Phi) is 6.06. The molecule has 2 rings (SSSR count). The lowest BCUT2D eigenvalue weighted by molar-refractivity contribution is -0.0542. The lowest BCUT2D eigenvalue weighted by Crippen LogP contribution is -2.36. The SMILES string of the molecule is NCCNc1ccn([C@@H]2O[C@H](COP(=O)(O)O)[C@@H](O)[C@H]2O)c(=O)n1. The molecule has 4 atom stereocenters. The molecule has 0 radical (unpaired) electrons. The van der Waals surface area contributed by atoms with Crippen LogP contribution in [0.4, 0.5) is 5.82 Å². The minimum absolute atomic E-state index is 0.288. The quantitative estimate of drug-likeness (QED) is 0.276. The Bertz CT molecular complexity index is 664. The van der Waals surface area contributed by atoms with Crippen molar-refractivity contribution < 1.29 is 33.8 Å². The summed E-state index contributed by atoms with van der Waals surface area (Å²) in [7, 11) is -4.76. The average molecular weight is 366 g/mol. The van der Waals surface area contributed by atoms with Crippen LogP contribution in [-0.4, -0.2) is 67.6 Å². The molecule has 0 bridgehead atoms. The molecule has 0 unspecified atom stereocenters. The van der Waals surface area contributed by atoms with Gasteiger partial charge in [-0.25, -0.2) is 9.36 Å². The summed E-state index contributed by atoms with van der Waals surface area (Å²) in [5.41, 5.74) is 4.58. The molecule has 1 saturated heterocycles. The maximum absolute atomic E-state index is 12.0. The molecule has 1 aromatic rings. The van der Waals surface area contributed by atoms with E-state index in [2.05, 4.69) is 14.8 Å². The van der Waals surface area contributed by atoms with Gasteiger partial charge in [0.15, 0.2) is 6.23 Å². The number of rotatable bonds is 7. The van der Waals surface area contributed by atoms with Gasteiger partial charge in [-0.05, 0) is 6.07 Å². The van der Waals surface area contributed by atoms with Crippen LogP contribution < -0.4 is 16.7 Å². The summed E-state index contributed by atoms with van der Waals surface area (Å²) in [6, 6.07) is 1.46. The molecule has 1 aliphatic rings. The third-order valence-corrected chi connectivity index (χ3v) is 3.78. The summed E-state index contributed by atoms with van der Waals surface area (Å²) in [6.45, 7) is 0.111. The summed E-state index contributed by atoms with van der Waals surface area (Å²) in [5, 5.41) is 22.7. The van der Waals surface area contributed by atoms with E-state index in [4.69, 9.17) is 20.3 Å². The lowest BCUT2D eigenvalue weighted by atomic mass is 10.1. The smallest absolute Gasteiger partial charge is 0.387 e. The maximum atomic E-state index is 12.0. The Hall–Kier alpha value is -1.37. The molecule has 7 N–H and O–H groups in total. The molecule has 136 valence electrons. The molecule has 24 heavy (non-hydrogen) atoms. The van der Waals surface area contributed by atoms with E-state index in [-0.39, 0.29) is 5.82 Å². The van der Waals surface area contributed by atoms with E-state index < -0.39 is 44.7 Å². The first-order valence-electron chi connectivity index (χ1n) is 6.98. The fraction of sp³-hybridized carbons (Fsp3) is 0.636. The minimum atomic E-state index is -4.76. The Morgan fingerprint density at radius 1 is 1.42 bits per heavy atom. The summed E-state index contributed by atoms with van der Waals surface area (Å²) >= 11 is 0. The largest absolute Gasteiger partial charge is 0.469 e. The molecule has 1 aliphatic heterocycles. The second kappa shape index (κ2) is 7.68. The van der Waals surface area contributed by atoms with E-state index >= 15 is 0 Å². The fourth-order valence-corrected chi connectivity index (χ4v) is 2.51. The Labute approximate surface area is 136 Å². The average Bonchev–Trinajstić information content (AvgIpc) is 2.78. The van der Waals surface area contributed by atoms with E-state index in [1.165, 1.54) is 12.3 Å². The van der Waals surface area contributed by atoms with Crippen LogP contribution in [0.5, 0.6) is 0 Å². The molecule has 12 nitrogen and oxygen atoms in total. The highest BCUT2D eigenvalue weighted by molar-refractivity contribution is 7.46. The Morgan fingerprint density at radius 2 is 2.12 bits per heavy atom. The third kappa shape index (κ3) is 4.59. The van der Waals surface area contributed by atoms with E-state index in [1.54, 1.807) is 0 Å². The number of phosphoric ester groups is 1. The predicted octanol–water partition coefficient (Wildman–Crippen LogP) is -2.66. The summed E-state index contributed by atoms with van der Waals surface area (Å²) in [4.78, 5) is 33.1. The van der Waals surface area contributed by atoms with Crippen LogP contribution in [-0.2, 0) is 13.8 Å². The number of aliphatic hydroxyl groups is 2. The van der Waals surface area contributed by atoms with Crippen molar-refractivity contribution in [1.82, 2.24) is 9.55 Å². The highest BCUT2D eigenvalue weighted by Crippen LogP contribution is 2.38. The molecule has 0 spiro atoms. The zero-order chi connectivity index (χ0) is 17.9. The number of nitrogens with two attached hydrogens (primary N) is 1. The van der Waals surface area contributed by atoms with Crippen molar-refractivity contribution in [3.63, 3.8) is 0 Å². The number of anilines is 1. The van der Waals surface area contributed by atoms with Gasteiger partial charge in [0.25, 0.3) is 0 Å². The van der Waals surface area contributed by atoms with E-state index in [1.807, 2.05) is 0 Å². The standard InChI is InChI=1S/C11H19N4O8P/c12-2-3-13-7-1-4-15(11(18)14-7)10-9(17)8(16)6(23-10)5-22-24(19,20)21/h1,4,6,8-10,16-17H,2-3,5,12H2,(H,13,14,18)(H2,19,20,21)/t6-,8-,9-,10-/m1/s1. The van der Waals surface area contributed by atoms with Crippen LogP contribution in [0.25, 0.3) is 0 Å². The first-order valence-corrected chi connectivity index (χ1v) is 8.51. The summed E-state index contributed by atoms with van der Waals surface area (Å²) < 4.78 is 21.2. The topological polar surface area (TPSA) is 189 Å². The monoisotopic (exact) mass is 366 g/mol. The number of aromatic nitrogens is 2. The Balaban J connectivity index is 2.11. The van der Waals surface area contributed by atoms with Gasteiger partial charge in [0, 0.05) is 19.3 Å². The van der Waals surface area contributed by atoms with Gasteiger partial charge < -0.3 is 35.8 Å². The number of nitrogens with zero attached hydrogens (tertiary/aromatic N) is 2. The molecule has 2 heterocycles. The highest BCUT2D eigenvalue weighted by atomic mass is 31.2. The van der Waals surface area contributed by atoms with Crippen LogP contribution in [0, 0.1) is 0 Å². The number of nitrogens with one attached hydrogen (secondary N) is 1. The minimum Gasteiger partial charge on any atom is -0.387 e. The number of hydrogen-bond acceptors (Lipinski definition) is 9. The van der Waals surface area contributed by atoms with Gasteiger partial charge in [-0.3, -0.25) is 9.09 Å². The second-order valence-electron chi connectivity index (χ2n) is 5.05. The van der Waals surface area contributed by atoms with Crippen LogP contribution in [0.1, 0.15) is 6.23 Å². The molecular formula is C11H19N4O8P. The van der Waals surface area contributed by atoms with Crippen LogP contribution >= 0.6 is 7.82 Å². The van der Waals surface area contributed by atoms with Crippen molar-refractivity contribution in [1.29, 1.82) is 0 Å². The lowest BCUT2D eigenvalue weighted by Gasteiger charge is -2.17. The summed E-state index contributed by atoms with van der Waals surface area (Å²) in [6.07, 6.45) is -4.18. The maximum Gasteiger partial charge on any atom is 0.469 e. The van der Waals surface area contributed by atoms with Crippen molar-refractivity contribution in [3.05, 3.63) is 22.7 Å². The third-order valence-electron chi connectivity index (χ3n) is 3.30. The molecule has 0 amide bonds. The highest BCUT2D eigenvalue weighted by Gasteiger charge is 2.44. The number of aliphatic hydroxyl groups excluding tert-OH is 2. The van der Waals surface area contributed by atoms with Crippen LogP contribution in [0.2, 0.25) is 0 Å². The van der Waals surface area contributed by atoms with Gasteiger partial charge in [-0.2, -0.15) is 4.98 Å². The molecule has 13 heteroatoms. The Morgan fingerprint density at radius 3 is 2.71 bits per heavy atom. The van der Waals surface area contributed by atoms with Gasteiger partial charge in [0.1, 0.15) is 24.1 Å². The zero-order valence-corrected chi connectivity index (χ0v) is 13.3. The normalized spacial score (nSPS) is 27.4. The molecule has 0 saturated carbocycles. The number of phosphoric acid groups is 1.